The molecule has 1 aromatic rings. The summed E-state index contributed by atoms with van der Waals surface area (Å²) in [7, 11) is 0. The minimum atomic E-state index is -0.320. The summed E-state index contributed by atoms with van der Waals surface area (Å²) in [6.07, 6.45) is 1.03. The van der Waals surface area contributed by atoms with Crippen LogP contribution in [0.15, 0.2) is 18.2 Å². The Bertz CT molecular complexity index is 325. The Morgan fingerprint density at radius 1 is 1.31 bits per heavy atom. The van der Waals surface area contributed by atoms with E-state index in [-0.39, 0.29) is 10.8 Å². The lowest BCUT2D eigenvalue weighted by Gasteiger charge is -2.20. The molecule has 0 fully saturated rings. The molecule has 1 rings (SSSR count). The highest BCUT2D eigenvalue weighted by Crippen LogP contribution is 2.19. The number of nitrogens with zero attached hydrogens (tertiary/aromatic N) is 1. The van der Waals surface area contributed by atoms with Crippen LogP contribution in [0.5, 0.6) is 0 Å². The van der Waals surface area contributed by atoms with Crippen molar-refractivity contribution in [2.75, 3.05) is 19.0 Å². The summed E-state index contributed by atoms with van der Waals surface area (Å²) in [5.74, 6) is 0.238. The van der Waals surface area contributed by atoms with Gasteiger partial charge < -0.3 is 0 Å². The Morgan fingerprint density at radius 3 is 2.69 bits per heavy atom. The van der Waals surface area contributed by atoms with Crippen LogP contribution in [0.4, 0.5) is 4.39 Å². The van der Waals surface area contributed by atoms with Crippen molar-refractivity contribution in [2.45, 2.75) is 19.9 Å². The van der Waals surface area contributed by atoms with Gasteiger partial charge in [-0.2, -0.15) is 0 Å². The maximum Gasteiger partial charge on any atom is 0.146 e. The number of hydrogen-bond donors (Lipinski definition) is 0. The summed E-state index contributed by atoms with van der Waals surface area (Å²) >= 11 is 11.4. The Hall–Kier alpha value is -0.310. The van der Waals surface area contributed by atoms with E-state index in [0.29, 0.717) is 18.0 Å². The van der Waals surface area contributed by atoms with Crippen molar-refractivity contribution in [1.29, 1.82) is 0 Å². The maximum absolute atomic E-state index is 13.7. The van der Waals surface area contributed by atoms with Crippen LogP contribution < -0.4 is 0 Å². The van der Waals surface area contributed by atoms with Crippen LogP contribution in [0.25, 0.3) is 0 Å². The van der Waals surface area contributed by atoms with E-state index in [2.05, 4.69) is 11.8 Å². The van der Waals surface area contributed by atoms with Crippen LogP contribution >= 0.6 is 23.2 Å². The van der Waals surface area contributed by atoms with Gasteiger partial charge in [-0.3, -0.25) is 4.90 Å². The van der Waals surface area contributed by atoms with Crippen molar-refractivity contribution < 1.29 is 4.39 Å². The molecule has 0 spiro atoms. The smallest absolute Gasteiger partial charge is 0.146 e. The SMILES string of the molecule is CCCN(CCCl)Cc1cccc(Cl)c1F. The van der Waals surface area contributed by atoms with Crippen LogP contribution in [0.1, 0.15) is 18.9 Å². The zero-order valence-corrected chi connectivity index (χ0v) is 10.9. The highest BCUT2D eigenvalue weighted by atomic mass is 35.5. The van der Waals surface area contributed by atoms with Crippen molar-refractivity contribution in [1.82, 2.24) is 4.90 Å². The molecule has 0 aliphatic carbocycles. The van der Waals surface area contributed by atoms with Gasteiger partial charge in [-0.25, -0.2) is 4.39 Å². The van der Waals surface area contributed by atoms with Crippen molar-refractivity contribution in [3.63, 3.8) is 0 Å². The second-order valence-corrected chi connectivity index (χ2v) is 4.46. The van der Waals surface area contributed by atoms with E-state index in [4.69, 9.17) is 23.2 Å². The molecule has 4 heteroatoms. The molecule has 0 amide bonds. The second kappa shape index (κ2) is 7.10. The largest absolute Gasteiger partial charge is 0.298 e. The summed E-state index contributed by atoms with van der Waals surface area (Å²) in [6.45, 7) is 4.34. The third kappa shape index (κ3) is 3.93. The molecule has 90 valence electrons. The van der Waals surface area contributed by atoms with E-state index < -0.39 is 0 Å². The van der Waals surface area contributed by atoms with E-state index >= 15 is 0 Å². The first-order chi connectivity index (χ1) is 7.69. The Morgan fingerprint density at radius 2 is 2.06 bits per heavy atom. The lowest BCUT2D eigenvalue weighted by molar-refractivity contribution is 0.278. The van der Waals surface area contributed by atoms with Gasteiger partial charge in [0.25, 0.3) is 0 Å². The zero-order valence-electron chi connectivity index (χ0n) is 9.35. The van der Waals surface area contributed by atoms with Crippen LogP contribution in [0.3, 0.4) is 0 Å². The summed E-state index contributed by atoms with van der Waals surface area (Å²) in [6, 6.07) is 5.09. The number of hydrogen-bond acceptors (Lipinski definition) is 1. The summed E-state index contributed by atoms with van der Waals surface area (Å²) < 4.78 is 13.7. The van der Waals surface area contributed by atoms with E-state index in [1.807, 2.05) is 0 Å². The highest BCUT2D eigenvalue weighted by molar-refractivity contribution is 6.30. The fourth-order valence-corrected chi connectivity index (χ4v) is 2.05. The van der Waals surface area contributed by atoms with Gasteiger partial charge in [0.2, 0.25) is 0 Å². The van der Waals surface area contributed by atoms with E-state index in [9.17, 15) is 4.39 Å². The minimum Gasteiger partial charge on any atom is -0.298 e. The van der Waals surface area contributed by atoms with Gasteiger partial charge in [0.05, 0.1) is 5.02 Å². The highest BCUT2D eigenvalue weighted by Gasteiger charge is 2.10. The van der Waals surface area contributed by atoms with E-state index in [0.717, 1.165) is 19.5 Å². The third-order valence-corrected chi connectivity index (χ3v) is 2.83. The first kappa shape index (κ1) is 13.8. The lowest BCUT2D eigenvalue weighted by atomic mass is 10.2. The number of alkyl halides is 1. The molecule has 16 heavy (non-hydrogen) atoms. The first-order valence-corrected chi connectivity index (χ1v) is 6.31. The maximum atomic E-state index is 13.7. The van der Waals surface area contributed by atoms with Gasteiger partial charge in [-0.05, 0) is 19.0 Å². The predicted octanol–water partition coefficient (Wildman–Crippen LogP) is 3.93. The number of halogens is 3. The van der Waals surface area contributed by atoms with Crippen molar-refractivity contribution in [2.24, 2.45) is 0 Å². The lowest BCUT2D eigenvalue weighted by Crippen LogP contribution is -2.26. The van der Waals surface area contributed by atoms with Crippen molar-refractivity contribution in [3.05, 3.63) is 34.6 Å². The zero-order chi connectivity index (χ0) is 12.0. The summed E-state index contributed by atoms with van der Waals surface area (Å²) in [4.78, 5) is 2.13. The molecule has 0 aliphatic heterocycles. The first-order valence-electron chi connectivity index (χ1n) is 5.40. The van der Waals surface area contributed by atoms with Gasteiger partial charge in [-0.15, -0.1) is 11.6 Å². The summed E-state index contributed by atoms with van der Waals surface area (Å²) in [5.41, 5.74) is 0.631. The topological polar surface area (TPSA) is 3.24 Å². The molecular weight excluding hydrogens is 248 g/mol. The molecule has 0 saturated heterocycles. The normalized spacial score (nSPS) is 11.1. The van der Waals surface area contributed by atoms with Crippen LogP contribution in [0.2, 0.25) is 5.02 Å². The predicted molar refractivity (Wildman–Crippen MR) is 67.7 cm³/mol. The molecule has 0 atom stereocenters. The molecule has 0 heterocycles. The molecule has 0 N–H and O–H groups in total. The number of benzene rings is 1. The molecule has 0 aliphatic rings. The van der Waals surface area contributed by atoms with E-state index in [1.165, 1.54) is 0 Å². The van der Waals surface area contributed by atoms with Gasteiger partial charge >= 0.3 is 0 Å². The van der Waals surface area contributed by atoms with Crippen LogP contribution in [-0.4, -0.2) is 23.9 Å². The van der Waals surface area contributed by atoms with Crippen LogP contribution in [0, 0.1) is 5.82 Å². The molecule has 0 unspecified atom stereocenters. The van der Waals surface area contributed by atoms with Gasteiger partial charge in [0.15, 0.2) is 0 Å². The van der Waals surface area contributed by atoms with Gasteiger partial charge in [0.1, 0.15) is 5.82 Å². The monoisotopic (exact) mass is 263 g/mol. The minimum absolute atomic E-state index is 0.180. The Balaban J connectivity index is 2.72. The molecule has 0 aromatic heterocycles. The molecule has 1 aromatic carbocycles. The molecule has 0 bridgehead atoms. The standard InChI is InChI=1S/C12H16Cl2FN/c1-2-7-16(8-6-13)9-10-4-3-5-11(14)12(10)15/h3-5H,2,6-9H2,1H3. The van der Waals surface area contributed by atoms with E-state index in [1.54, 1.807) is 18.2 Å². The average molecular weight is 264 g/mol. The number of rotatable bonds is 6. The fraction of sp³-hybridized carbons (Fsp3) is 0.500. The van der Waals surface area contributed by atoms with Crippen molar-refractivity contribution in [3.8, 4) is 0 Å². The molecule has 1 nitrogen and oxygen atoms in total. The average Bonchev–Trinajstić information content (AvgIpc) is 2.25. The summed E-state index contributed by atoms with van der Waals surface area (Å²) in [5, 5.41) is 0.180. The molecule has 0 saturated carbocycles. The van der Waals surface area contributed by atoms with Crippen LogP contribution in [-0.2, 0) is 6.54 Å². The fourth-order valence-electron chi connectivity index (χ4n) is 1.62. The van der Waals surface area contributed by atoms with Gasteiger partial charge in [0, 0.05) is 24.5 Å². The van der Waals surface area contributed by atoms with Crippen molar-refractivity contribution >= 4 is 23.2 Å². The second-order valence-electron chi connectivity index (χ2n) is 3.68. The Kier molecular flexibility index (Phi) is 6.10. The van der Waals surface area contributed by atoms with Gasteiger partial charge in [-0.1, -0.05) is 30.7 Å². The molecule has 0 radical (unpaired) electrons. The Labute approximate surface area is 106 Å². The third-order valence-electron chi connectivity index (χ3n) is 2.37. The quantitative estimate of drug-likeness (QED) is 0.704. The molecular formula is C12H16Cl2FN.